The molecule has 1 atom stereocenters. The Morgan fingerprint density at radius 3 is 2.95 bits per heavy atom. The van der Waals surface area contributed by atoms with Crippen molar-refractivity contribution in [1.29, 1.82) is 0 Å². The second-order valence-electron chi connectivity index (χ2n) is 4.81. The Labute approximate surface area is 122 Å². The number of rotatable bonds is 5. The maximum Gasteiger partial charge on any atom is 0.354 e. The number of ether oxygens (including phenoxy) is 1. The zero-order valence-electron chi connectivity index (χ0n) is 11.9. The highest BCUT2D eigenvalue weighted by atomic mass is 16.5. The van der Waals surface area contributed by atoms with E-state index < -0.39 is 11.9 Å². The van der Waals surface area contributed by atoms with Crippen LogP contribution >= 0.6 is 0 Å². The lowest BCUT2D eigenvalue weighted by molar-refractivity contribution is -0.0246. The molecule has 1 aromatic rings. The fourth-order valence-corrected chi connectivity index (χ4v) is 2.17. The molecule has 1 aromatic heterocycles. The molecular formula is C14H19N3O4. The summed E-state index contributed by atoms with van der Waals surface area (Å²) < 4.78 is 5.59. The highest BCUT2D eigenvalue weighted by molar-refractivity contribution is 5.94. The predicted octanol–water partition coefficient (Wildman–Crippen LogP) is 0.230. The number of carboxylic acids is 1. The lowest BCUT2D eigenvalue weighted by Gasteiger charge is -2.32. The van der Waals surface area contributed by atoms with E-state index in [1.54, 1.807) is 0 Å². The lowest BCUT2D eigenvalue weighted by Crippen LogP contribution is -2.47. The standard InChI is InChI=1S/C14H19N3O4/c1-2-17-6-7-21-10(9-17)8-15-13(18)11-4-3-5-12(16-11)14(19)20/h3-5,10H,2,6-9H2,1H3,(H,15,18)(H,19,20). The Bertz CT molecular complexity index is 521. The normalized spacial score (nSPS) is 19.2. The summed E-state index contributed by atoms with van der Waals surface area (Å²) in [7, 11) is 0. The molecule has 0 aromatic carbocycles. The molecule has 114 valence electrons. The van der Waals surface area contributed by atoms with Crippen molar-refractivity contribution >= 4 is 11.9 Å². The fraction of sp³-hybridized carbons (Fsp3) is 0.500. The van der Waals surface area contributed by atoms with Crippen LogP contribution < -0.4 is 5.32 Å². The van der Waals surface area contributed by atoms with Gasteiger partial charge in [0.2, 0.25) is 0 Å². The summed E-state index contributed by atoms with van der Waals surface area (Å²) in [5.41, 5.74) is -0.0493. The number of aromatic carboxylic acids is 1. The number of carbonyl (C=O) groups excluding carboxylic acids is 1. The van der Waals surface area contributed by atoms with Gasteiger partial charge in [0.1, 0.15) is 11.4 Å². The van der Waals surface area contributed by atoms with Gasteiger partial charge >= 0.3 is 5.97 Å². The van der Waals surface area contributed by atoms with Crippen LogP contribution in [-0.4, -0.2) is 65.8 Å². The number of carbonyl (C=O) groups is 2. The SMILES string of the molecule is CCN1CCOC(CNC(=O)c2cccc(C(=O)O)n2)C1. The molecule has 0 radical (unpaired) electrons. The molecule has 2 rings (SSSR count). The van der Waals surface area contributed by atoms with Gasteiger partial charge in [-0.2, -0.15) is 0 Å². The van der Waals surface area contributed by atoms with Crippen LogP contribution in [0.5, 0.6) is 0 Å². The van der Waals surface area contributed by atoms with E-state index in [0.717, 1.165) is 19.6 Å². The third-order valence-electron chi connectivity index (χ3n) is 3.36. The third kappa shape index (κ3) is 4.24. The van der Waals surface area contributed by atoms with Crippen molar-refractivity contribution < 1.29 is 19.4 Å². The smallest absolute Gasteiger partial charge is 0.354 e. The lowest BCUT2D eigenvalue weighted by atomic mass is 10.2. The fourth-order valence-electron chi connectivity index (χ4n) is 2.17. The number of amides is 1. The number of morpholine rings is 1. The number of pyridine rings is 1. The van der Waals surface area contributed by atoms with E-state index >= 15 is 0 Å². The molecule has 0 aliphatic carbocycles. The number of nitrogens with zero attached hydrogens (tertiary/aromatic N) is 2. The molecule has 7 heteroatoms. The monoisotopic (exact) mass is 293 g/mol. The van der Waals surface area contributed by atoms with E-state index in [1.807, 2.05) is 0 Å². The molecule has 1 aliphatic heterocycles. The van der Waals surface area contributed by atoms with E-state index in [-0.39, 0.29) is 17.5 Å². The van der Waals surface area contributed by atoms with Crippen LogP contribution in [0.4, 0.5) is 0 Å². The summed E-state index contributed by atoms with van der Waals surface area (Å²) in [6.07, 6.45) is -0.0506. The number of aromatic nitrogens is 1. The van der Waals surface area contributed by atoms with Gasteiger partial charge in [-0.05, 0) is 18.7 Å². The quantitative estimate of drug-likeness (QED) is 0.807. The summed E-state index contributed by atoms with van der Waals surface area (Å²) >= 11 is 0. The van der Waals surface area contributed by atoms with Crippen molar-refractivity contribution in [3.8, 4) is 0 Å². The first-order chi connectivity index (χ1) is 10.1. The Hall–Kier alpha value is -1.99. The highest BCUT2D eigenvalue weighted by Crippen LogP contribution is 2.04. The molecule has 1 fully saturated rings. The maximum absolute atomic E-state index is 12.0. The molecule has 2 heterocycles. The third-order valence-corrected chi connectivity index (χ3v) is 3.36. The van der Waals surface area contributed by atoms with Crippen molar-refractivity contribution in [1.82, 2.24) is 15.2 Å². The van der Waals surface area contributed by atoms with Gasteiger partial charge in [-0.25, -0.2) is 9.78 Å². The minimum absolute atomic E-state index is 0.0506. The number of carboxylic acid groups (broad SMARTS) is 1. The molecule has 1 aliphatic rings. The first-order valence-electron chi connectivity index (χ1n) is 6.92. The summed E-state index contributed by atoms with van der Waals surface area (Å²) in [6, 6.07) is 4.34. The molecule has 1 unspecified atom stereocenters. The van der Waals surface area contributed by atoms with Crippen LogP contribution in [0, 0.1) is 0 Å². The topological polar surface area (TPSA) is 91.8 Å². The van der Waals surface area contributed by atoms with E-state index in [4.69, 9.17) is 9.84 Å². The summed E-state index contributed by atoms with van der Waals surface area (Å²) in [5.74, 6) is -1.55. The first-order valence-corrected chi connectivity index (χ1v) is 6.92. The maximum atomic E-state index is 12.0. The average molecular weight is 293 g/mol. The highest BCUT2D eigenvalue weighted by Gasteiger charge is 2.20. The second kappa shape index (κ2) is 7.14. The van der Waals surface area contributed by atoms with Gasteiger partial charge in [-0.1, -0.05) is 13.0 Å². The van der Waals surface area contributed by atoms with Crippen LogP contribution in [0.25, 0.3) is 0 Å². The minimum Gasteiger partial charge on any atom is -0.477 e. The molecule has 1 saturated heterocycles. The van der Waals surface area contributed by atoms with Crippen LogP contribution in [0.2, 0.25) is 0 Å². The largest absolute Gasteiger partial charge is 0.477 e. The van der Waals surface area contributed by atoms with Gasteiger partial charge in [-0.3, -0.25) is 9.69 Å². The van der Waals surface area contributed by atoms with Crippen molar-refractivity contribution in [2.24, 2.45) is 0 Å². The number of likely N-dealkylation sites (N-methyl/N-ethyl adjacent to an activating group) is 1. The van der Waals surface area contributed by atoms with Gasteiger partial charge in [0, 0.05) is 19.6 Å². The van der Waals surface area contributed by atoms with E-state index in [9.17, 15) is 9.59 Å². The zero-order chi connectivity index (χ0) is 15.2. The molecule has 0 bridgehead atoms. The molecule has 1 amide bonds. The number of hydrogen-bond acceptors (Lipinski definition) is 5. The Balaban J connectivity index is 1.89. The van der Waals surface area contributed by atoms with Crippen molar-refractivity contribution in [2.45, 2.75) is 13.0 Å². The van der Waals surface area contributed by atoms with Gasteiger partial charge in [0.25, 0.3) is 5.91 Å². The van der Waals surface area contributed by atoms with Crippen molar-refractivity contribution in [2.75, 3.05) is 32.8 Å². The summed E-state index contributed by atoms with van der Waals surface area (Å²) in [6.45, 7) is 5.76. The van der Waals surface area contributed by atoms with Crippen molar-refractivity contribution in [3.05, 3.63) is 29.6 Å². The summed E-state index contributed by atoms with van der Waals surface area (Å²) in [4.78, 5) is 28.9. The van der Waals surface area contributed by atoms with Gasteiger partial charge in [0.15, 0.2) is 0 Å². The number of nitrogens with one attached hydrogen (secondary N) is 1. The van der Waals surface area contributed by atoms with Gasteiger partial charge in [-0.15, -0.1) is 0 Å². The molecule has 0 saturated carbocycles. The molecular weight excluding hydrogens is 274 g/mol. The molecule has 21 heavy (non-hydrogen) atoms. The van der Waals surface area contributed by atoms with E-state index in [1.165, 1.54) is 18.2 Å². The second-order valence-corrected chi connectivity index (χ2v) is 4.81. The van der Waals surface area contributed by atoms with E-state index in [2.05, 4.69) is 22.1 Å². The van der Waals surface area contributed by atoms with Gasteiger partial charge < -0.3 is 15.2 Å². The molecule has 2 N–H and O–H groups in total. The van der Waals surface area contributed by atoms with Crippen LogP contribution in [0.15, 0.2) is 18.2 Å². The van der Waals surface area contributed by atoms with Crippen molar-refractivity contribution in [3.63, 3.8) is 0 Å². The first kappa shape index (κ1) is 15.4. The van der Waals surface area contributed by atoms with Gasteiger partial charge in [0.05, 0.1) is 12.7 Å². The molecule has 7 nitrogen and oxygen atoms in total. The number of hydrogen-bond donors (Lipinski definition) is 2. The van der Waals surface area contributed by atoms with Crippen LogP contribution in [-0.2, 0) is 4.74 Å². The predicted molar refractivity (Wildman–Crippen MR) is 75.4 cm³/mol. The van der Waals surface area contributed by atoms with Crippen LogP contribution in [0.1, 0.15) is 27.9 Å². The van der Waals surface area contributed by atoms with E-state index in [0.29, 0.717) is 13.2 Å². The Morgan fingerprint density at radius 2 is 2.24 bits per heavy atom. The Morgan fingerprint density at radius 1 is 1.48 bits per heavy atom. The van der Waals surface area contributed by atoms with Crippen LogP contribution in [0.3, 0.4) is 0 Å². The minimum atomic E-state index is -1.15. The zero-order valence-corrected chi connectivity index (χ0v) is 11.9. The molecule has 0 spiro atoms. The average Bonchev–Trinajstić information content (AvgIpc) is 2.53. The summed E-state index contributed by atoms with van der Waals surface area (Å²) in [5, 5.41) is 11.6. The Kier molecular flexibility index (Phi) is 5.24.